The third-order valence-corrected chi connectivity index (χ3v) is 2.78. The van der Waals surface area contributed by atoms with Crippen LogP contribution in [0.1, 0.15) is 5.56 Å². The Bertz CT molecular complexity index is 508. The number of hydrazine groups is 1. The minimum absolute atomic E-state index is 0.815. The van der Waals surface area contributed by atoms with Crippen LogP contribution in [-0.2, 0) is 6.54 Å². The van der Waals surface area contributed by atoms with Crippen LogP contribution in [0, 0.1) is 0 Å². The Balaban J connectivity index is 1.91. The van der Waals surface area contributed by atoms with Crippen molar-refractivity contribution in [3.8, 4) is 0 Å². The number of anilines is 3. The Kier molecular flexibility index (Phi) is 1.96. The molecule has 2 aromatic rings. The van der Waals surface area contributed by atoms with E-state index in [4.69, 9.17) is 5.73 Å². The van der Waals surface area contributed by atoms with Gasteiger partial charge in [-0.3, -0.25) is 10.4 Å². The van der Waals surface area contributed by atoms with Crippen molar-refractivity contribution < 1.29 is 0 Å². The number of benzene rings is 2. The van der Waals surface area contributed by atoms with Gasteiger partial charge in [0.1, 0.15) is 0 Å². The molecule has 0 fully saturated rings. The summed E-state index contributed by atoms with van der Waals surface area (Å²) in [7, 11) is 0. The quantitative estimate of drug-likeness (QED) is 0.712. The second-order valence-electron chi connectivity index (χ2n) is 3.95. The number of rotatable bonds is 1. The summed E-state index contributed by atoms with van der Waals surface area (Å²) in [5, 5.41) is 2.12. The minimum Gasteiger partial charge on any atom is -0.399 e. The van der Waals surface area contributed by atoms with Crippen LogP contribution in [0.4, 0.5) is 17.1 Å². The largest absolute Gasteiger partial charge is 0.399 e. The van der Waals surface area contributed by atoms with Gasteiger partial charge in [0, 0.05) is 11.3 Å². The topological polar surface area (TPSA) is 41.3 Å². The second kappa shape index (κ2) is 3.45. The highest BCUT2D eigenvalue weighted by molar-refractivity contribution is 5.67. The van der Waals surface area contributed by atoms with Gasteiger partial charge in [0.2, 0.25) is 0 Å². The maximum absolute atomic E-state index is 5.77. The first-order valence-electron chi connectivity index (χ1n) is 5.30. The molecule has 0 unspecified atom stereocenters. The van der Waals surface area contributed by atoms with Crippen molar-refractivity contribution in [1.29, 1.82) is 0 Å². The lowest BCUT2D eigenvalue weighted by molar-refractivity contribution is 0.970. The average molecular weight is 211 g/mol. The lowest BCUT2D eigenvalue weighted by atomic mass is 10.2. The zero-order chi connectivity index (χ0) is 11.0. The van der Waals surface area contributed by atoms with Gasteiger partial charge in [0.05, 0.1) is 17.9 Å². The number of nitrogens with zero attached hydrogens (tertiary/aromatic N) is 1. The third kappa shape index (κ3) is 1.46. The molecule has 0 saturated carbocycles. The van der Waals surface area contributed by atoms with Crippen molar-refractivity contribution in [2.75, 3.05) is 16.2 Å². The van der Waals surface area contributed by atoms with Crippen LogP contribution < -0.4 is 16.2 Å². The molecule has 0 spiro atoms. The molecule has 1 heterocycles. The fourth-order valence-electron chi connectivity index (χ4n) is 1.97. The molecule has 3 rings (SSSR count). The molecule has 3 N–H and O–H groups in total. The normalized spacial score (nSPS) is 13.4. The Hall–Kier alpha value is -2.16. The van der Waals surface area contributed by atoms with Gasteiger partial charge in [-0.05, 0) is 30.3 Å². The summed E-state index contributed by atoms with van der Waals surface area (Å²) in [6.07, 6.45) is 0. The predicted octanol–water partition coefficient (Wildman–Crippen LogP) is 2.62. The maximum Gasteiger partial charge on any atom is 0.0666 e. The summed E-state index contributed by atoms with van der Waals surface area (Å²) in [4.78, 5) is 0. The zero-order valence-electron chi connectivity index (χ0n) is 8.85. The van der Waals surface area contributed by atoms with Gasteiger partial charge in [-0.15, -0.1) is 0 Å². The van der Waals surface area contributed by atoms with Crippen LogP contribution in [0.2, 0.25) is 0 Å². The molecule has 3 heteroatoms. The number of nitrogens with one attached hydrogen (secondary N) is 1. The van der Waals surface area contributed by atoms with Crippen molar-refractivity contribution in [2.24, 2.45) is 0 Å². The van der Waals surface area contributed by atoms with E-state index >= 15 is 0 Å². The number of nitrogens with two attached hydrogens (primary N) is 1. The zero-order valence-corrected chi connectivity index (χ0v) is 8.85. The molecule has 1 aliphatic rings. The van der Waals surface area contributed by atoms with E-state index in [9.17, 15) is 0 Å². The first-order valence-corrected chi connectivity index (χ1v) is 5.30. The van der Waals surface area contributed by atoms with E-state index in [1.54, 1.807) is 0 Å². The predicted molar refractivity (Wildman–Crippen MR) is 67.1 cm³/mol. The van der Waals surface area contributed by atoms with E-state index in [0.717, 1.165) is 23.6 Å². The SMILES string of the molecule is Nc1ccc2c(c1)CN(c1ccccc1)N2. The Labute approximate surface area is 94.5 Å². The van der Waals surface area contributed by atoms with E-state index in [-0.39, 0.29) is 0 Å². The van der Waals surface area contributed by atoms with Gasteiger partial charge >= 0.3 is 0 Å². The standard InChI is InChI=1S/C13H13N3/c14-11-6-7-13-10(8-11)9-16(15-13)12-4-2-1-3-5-12/h1-8,15H,9,14H2. The van der Waals surface area contributed by atoms with E-state index < -0.39 is 0 Å². The molecule has 0 aliphatic carbocycles. The number of para-hydroxylation sites is 1. The number of nitrogen functional groups attached to an aromatic ring is 1. The van der Waals surface area contributed by atoms with Gasteiger partial charge in [-0.25, -0.2) is 0 Å². The first kappa shape index (κ1) is 9.09. The van der Waals surface area contributed by atoms with Crippen molar-refractivity contribution in [3.63, 3.8) is 0 Å². The summed E-state index contributed by atoms with van der Waals surface area (Å²) in [6, 6.07) is 16.2. The lowest BCUT2D eigenvalue weighted by Crippen LogP contribution is -2.22. The van der Waals surface area contributed by atoms with Crippen LogP contribution in [0.15, 0.2) is 48.5 Å². The number of hydrogen-bond donors (Lipinski definition) is 2. The summed E-state index contributed by atoms with van der Waals surface area (Å²) < 4.78 is 0. The van der Waals surface area contributed by atoms with Crippen molar-refractivity contribution in [1.82, 2.24) is 0 Å². The van der Waals surface area contributed by atoms with Gasteiger partial charge in [0.25, 0.3) is 0 Å². The van der Waals surface area contributed by atoms with Crippen LogP contribution >= 0.6 is 0 Å². The van der Waals surface area contributed by atoms with E-state index in [1.807, 2.05) is 36.4 Å². The van der Waals surface area contributed by atoms with Crippen molar-refractivity contribution in [2.45, 2.75) is 6.54 Å². The number of hydrogen-bond acceptors (Lipinski definition) is 3. The fraction of sp³-hybridized carbons (Fsp3) is 0.0769. The molecule has 0 amide bonds. The molecule has 2 aromatic carbocycles. The highest BCUT2D eigenvalue weighted by atomic mass is 15.5. The highest BCUT2D eigenvalue weighted by Gasteiger charge is 2.18. The van der Waals surface area contributed by atoms with Crippen LogP contribution in [0.5, 0.6) is 0 Å². The Morgan fingerprint density at radius 2 is 1.88 bits per heavy atom. The van der Waals surface area contributed by atoms with Gasteiger partial charge in [-0.1, -0.05) is 18.2 Å². The van der Waals surface area contributed by atoms with Crippen LogP contribution in [-0.4, -0.2) is 0 Å². The molecule has 1 aliphatic heterocycles. The molecule has 3 nitrogen and oxygen atoms in total. The molecule has 80 valence electrons. The molecule has 0 bridgehead atoms. The number of fused-ring (bicyclic) bond motifs is 1. The van der Waals surface area contributed by atoms with Gasteiger partial charge in [-0.2, -0.15) is 0 Å². The monoisotopic (exact) mass is 211 g/mol. The van der Waals surface area contributed by atoms with Crippen molar-refractivity contribution >= 4 is 17.1 Å². The van der Waals surface area contributed by atoms with Gasteiger partial charge in [0.15, 0.2) is 0 Å². The van der Waals surface area contributed by atoms with Crippen LogP contribution in [0.25, 0.3) is 0 Å². The summed E-state index contributed by atoms with van der Waals surface area (Å²) in [5.74, 6) is 0. The van der Waals surface area contributed by atoms with E-state index in [0.29, 0.717) is 0 Å². The Morgan fingerprint density at radius 1 is 1.06 bits per heavy atom. The molecule has 0 radical (unpaired) electrons. The third-order valence-electron chi connectivity index (χ3n) is 2.78. The molecule has 0 atom stereocenters. The molecular formula is C13H13N3. The molecule has 16 heavy (non-hydrogen) atoms. The highest BCUT2D eigenvalue weighted by Crippen LogP contribution is 2.30. The van der Waals surface area contributed by atoms with E-state index in [2.05, 4.69) is 22.6 Å². The minimum atomic E-state index is 0.815. The smallest absolute Gasteiger partial charge is 0.0666 e. The molecular weight excluding hydrogens is 198 g/mol. The summed E-state index contributed by atoms with van der Waals surface area (Å²) in [6.45, 7) is 0.852. The van der Waals surface area contributed by atoms with Crippen molar-refractivity contribution in [3.05, 3.63) is 54.1 Å². The summed E-state index contributed by atoms with van der Waals surface area (Å²) >= 11 is 0. The molecule has 0 aromatic heterocycles. The summed E-state index contributed by atoms with van der Waals surface area (Å²) in [5.41, 5.74) is 13.5. The maximum atomic E-state index is 5.77. The molecule has 0 saturated heterocycles. The second-order valence-corrected chi connectivity index (χ2v) is 3.95. The fourth-order valence-corrected chi connectivity index (χ4v) is 1.97. The Morgan fingerprint density at radius 3 is 2.69 bits per heavy atom. The van der Waals surface area contributed by atoms with E-state index in [1.165, 1.54) is 5.56 Å². The lowest BCUT2D eigenvalue weighted by Gasteiger charge is -2.18. The van der Waals surface area contributed by atoms with Gasteiger partial charge < -0.3 is 5.73 Å². The first-order chi connectivity index (χ1) is 7.83. The van der Waals surface area contributed by atoms with Crippen LogP contribution in [0.3, 0.4) is 0 Å². The average Bonchev–Trinajstić information content (AvgIpc) is 2.73.